The van der Waals surface area contributed by atoms with E-state index in [-0.39, 0.29) is 11.8 Å². The minimum atomic E-state index is -0.944. The van der Waals surface area contributed by atoms with Crippen LogP contribution in [-0.4, -0.2) is 38.9 Å². The van der Waals surface area contributed by atoms with E-state index in [0.29, 0.717) is 25.1 Å². The molecular formula is C22H29N3O4. The van der Waals surface area contributed by atoms with Crippen LogP contribution in [0.3, 0.4) is 0 Å². The van der Waals surface area contributed by atoms with Crippen molar-refractivity contribution in [3.05, 3.63) is 48.5 Å². The lowest BCUT2D eigenvalue weighted by molar-refractivity contribution is -0.140. The largest absolute Gasteiger partial charge is 0.481 e. The van der Waals surface area contributed by atoms with Gasteiger partial charge < -0.3 is 19.7 Å². The number of amides is 1. The Kier molecular flexibility index (Phi) is 5.68. The average molecular weight is 399 g/mol. The van der Waals surface area contributed by atoms with E-state index < -0.39 is 23.1 Å². The van der Waals surface area contributed by atoms with Crippen molar-refractivity contribution < 1.29 is 19.4 Å². The summed E-state index contributed by atoms with van der Waals surface area (Å²) in [5, 5.41) is 12.7. The zero-order chi connectivity index (χ0) is 21.2. The molecule has 7 heteroatoms. The van der Waals surface area contributed by atoms with Gasteiger partial charge in [0.2, 0.25) is 0 Å². The van der Waals surface area contributed by atoms with Gasteiger partial charge in [-0.05, 0) is 57.6 Å². The first kappa shape index (κ1) is 20.9. The van der Waals surface area contributed by atoms with E-state index in [1.165, 1.54) is 0 Å². The second-order valence-corrected chi connectivity index (χ2v) is 8.90. The molecule has 0 bridgehead atoms. The zero-order valence-electron chi connectivity index (χ0n) is 17.4. The van der Waals surface area contributed by atoms with Crippen molar-refractivity contribution in [1.29, 1.82) is 0 Å². The molecule has 0 spiro atoms. The van der Waals surface area contributed by atoms with Gasteiger partial charge in [-0.25, -0.2) is 9.78 Å². The molecule has 1 saturated carbocycles. The van der Waals surface area contributed by atoms with E-state index in [2.05, 4.69) is 10.3 Å². The Morgan fingerprint density at radius 3 is 2.66 bits per heavy atom. The normalized spacial score (nSPS) is 22.0. The van der Waals surface area contributed by atoms with Gasteiger partial charge >= 0.3 is 12.1 Å². The van der Waals surface area contributed by atoms with Crippen molar-refractivity contribution in [1.82, 2.24) is 14.9 Å². The SMILES string of the molecule is C[C@@H](CNC(=O)OC(C)(C)C)C[C@H]1C[C@]1(C(=O)O)c1cn(-c2ccccc2)cn1. The highest BCUT2D eigenvalue weighted by atomic mass is 16.6. The molecule has 156 valence electrons. The van der Waals surface area contributed by atoms with E-state index in [9.17, 15) is 14.7 Å². The topological polar surface area (TPSA) is 93.5 Å². The summed E-state index contributed by atoms with van der Waals surface area (Å²) in [6.45, 7) is 7.90. The summed E-state index contributed by atoms with van der Waals surface area (Å²) in [5.41, 5.74) is 0.0464. The highest BCUT2D eigenvalue weighted by Crippen LogP contribution is 2.56. The van der Waals surface area contributed by atoms with Crippen LogP contribution in [0.1, 0.15) is 46.2 Å². The fraction of sp³-hybridized carbons (Fsp3) is 0.500. The van der Waals surface area contributed by atoms with E-state index >= 15 is 0 Å². The number of benzene rings is 1. The number of para-hydroxylation sites is 1. The number of imidazole rings is 1. The second-order valence-electron chi connectivity index (χ2n) is 8.90. The van der Waals surface area contributed by atoms with Gasteiger partial charge in [0, 0.05) is 18.4 Å². The molecule has 1 aromatic carbocycles. The molecule has 3 rings (SSSR count). The van der Waals surface area contributed by atoms with E-state index in [1.54, 1.807) is 6.33 Å². The molecule has 1 amide bonds. The third-order valence-electron chi connectivity index (χ3n) is 5.26. The van der Waals surface area contributed by atoms with Gasteiger partial charge in [0.15, 0.2) is 0 Å². The number of nitrogens with zero attached hydrogens (tertiary/aromatic N) is 2. The Morgan fingerprint density at radius 2 is 2.03 bits per heavy atom. The van der Waals surface area contributed by atoms with Crippen molar-refractivity contribution in [2.24, 2.45) is 11.8 Å². The van der Waals surface area contributed by atoms with Crippen LogP contribution in [0.15, 0.2) is 42.9 Å². The smallest absolute Gasteiger partial charge is 0.407 e. The minimum absolute atomic E-state index is 0.00504. The maximum Gasteiger partial charge on any atom is 0.407 e. The highest BCUT2D eigenvalue weighted by Gasteiger charge is 2.62. The number of hydrogen-bond acceptors (Lipinski definition) is 4. The molecule has 1 aliphatic carbocycles. The van der Waals surface area contributed by atoms with Gasteiger partial charge in [-0.1, -0.05) is 25.1 Å². The highest BCUT2D eigenvalue weighted by molar-refractivity contribution is 5.85. The Balaban J connectivity index is 1.62. The minimum Gasteiger partial charge on any atom is -0.481 e. The van der Waals surface area contributed by atoms with Crippen LogP contribution < -0.4 is 5.32 Å². The molecule has 0 aliphatic heterocycles. The monoisotopic (exact) mass is 399 g/mol. The number of aliphatic carboxylic acids is 1. The van der Waals surface area contributed by atoms with Crippen molar-refractivity contribution in [2.75, 3.05) is 6.54 Å². The number of aromatic nitrogens is 2. The number of alkyl carbamates (subject to hydrolysis) is 1. The van der Waals surface area contributed by atoms with Crippen LogP contribution in [0.5, 0.6) is 0 Å². The number of carboxylic acid groups (broad SMARTS) is 1. The number of carbonyl (C=O) groups is 2. The van der Waals surface area contributed by atoms with Gasteiger partial charge in [-0.3, -0.25) is 4.79 Å². The first-order valence-corrected chi connectivity index (χ1v) is 9.92. The molecule has 0 radical (unpaired) electrons. The quantitative estimate of drug-likeness (QED) is 0.739. The third kappa shape index (κ3) is 4.78. The maximum atomic E-state index is 12.1. The van der Waals surface area contributed by atoms with Crippen LogP contribution in [0.2, 0.25) is 0 Å². The lowest BCUT2D eigenvalue weighted by atomic mass is 9.94. The van der Waals surface area contributed by atoms with Gasteiger partial charge in [-0.2, -0.15) is 0 Å². The molecule has 2 aromatic rings. The fourth-order valence-electron chi connectivity index (χ4n) is 3.73. The summed E-state index contributed by atoms with van der Waals surface area (Å²) in [6.07, 6.45) is 4.28. The van der Waals surface area contributed by atoms with Crippen molar-refractivity contribution in [3.63, 3.8) is 0 Å². The summed E-state index contributed by atoms with van der Waals surface area (Å²) < 4.78 is 7.10. The van der Waals surface area contributed by atoms with E-state index in [4.69, 9.17) is 4.74 Å². The fourth-order valence-corrected chi connectivity index (χ4v) is 3.73. The lowest BCUT2D eigenvalue weighted by Gasteiger charge is -2.21. The summed E-state index contributed by atoms with van der Waals surface area (Å²) in [7, 11) is 0. The van der Waals surface area contributed by atoms with Crippen molar-refractivity contribution in [3.8, 4) is 5.69 Å². The molecule has 1 heterocycles. The zero-order valence-corrected chi connectivity index (χ0v) is 17.4. The molecule has 1 aromatic heterocycles. The number of carbonyl (C=O) groups excluding carboxylic acids is 1. The van der Waals surface area contributed by atoms with Crippen LogP contribution in [0.25, 0.3) is 5.69 Å². The van der Waals surface area contributed by atoms with Crippen LogP contribution in [-0.2, 0) is 14.9 Å². The molecular weight excluding hydrogens is 370 g/mol. The lowest BCUT2D eigenvalue weighted by Crippen LogP contribution is -2.35. The predicted molar refractivity (Wildman–Crippen MR) is 109 cm³/mol. The number of hydrogen-bond donors (Lipinski definition) is 2. The van der Waals surface area contributed by atoms with Gasteiger partial charge in [-0.15, -0.1) is 0 Å². The Morgan fingerprint density at radius 1 is 1.34 bits per heavy atom. The number of ether oxygens (including phenoxy) is 1. The first-order chi connectivity index (χ1) is 13.6. The van der Waals surface area contributed by atoms with Crippen molar-refractivity contribution in [2.45, 2.75) is 51.6 Å². The molecule has 1 fully saturated rings. The van der Waals surface area contributed by atoms with Crippen LogP contribution >= 0.6 is 0 Å². The average Bonchev–Trinajstić information content (AvgIpc) is 3.14. The molecule has 3 atom stereocenters. The van der Waals surface area contributed by atoms with Crippen LogP contribution in [0, 0.1) is 11.8 Å². The Hall–Kier alpha value is -2.83. The maximum absolute atomic E-state index is 12.1. The molecule has 7 nitrogen and oxygen atoms in total. The molecule has 1 aliphatic rings. The molecule has 2 N–H and O–H groups in total. The number of carboxylic acids is 1. The Labute approximate surface area is 171 Å². The first-order valence-electron chi connectivity index (χ1n) is 9.92. The summed E-state index contributed by atoms with van der Waals surface area (Å²) in [6, 6.07) is 9.70. The molecule has 0 unspecified atom stereocenters. The Bertz CT molecular complexity index is 872. The number of nitrogens with one attached hydrogen (secondary N) is 1. The summed E-state index contributed by atoms with van der Waals surface area (Å²) >= 11 is 0. The van der Waals surface area contributed by atoms with Crippen molar-refractivity contribution >= 4 is 12.1 Å². The summed E-state index contributed by atoms with van der Waals surface area (Å²) in [4.78, 5) is 28.3. The van der Waals surface area contributed by atoms with Crippen LogP contribution in [0.4, 0.5) is 4.79 Å². The summed E-state index contributed by atoms with van der Waals surface area (Å²) in [5.74, 6) is -0.715. The van der Waals surface area contributed by atoms with Gasteiger partial charge in [0.1, 0.15) is 11.0 Å². The number of rotatable bonds is 7. The molecule has 0 saturated heterocycles. The van der Waals surface area contributed by atoms with E-state index in [1.807, 2.05) is 68.8 Å². The second kappa shape index (κ2) is 7.89. The molecule has 29 heavy (non-hydrogen) atoms. The van der Waals surface area contributed by atoms with Gasteiger partial charge in [0.05, 0.1) is 12.0 Å². The third-order valence-corrected chi connectivity index (χ3v) is 5.26. The standard InChI is InChI=1S/C22H29N3O4/c1-15(12-23-20(28)29-21(2,3)4)10-16-11-22(16,19(26)27)18-13-25(14-24-18)17-8-6-5-7-9-17/h5-9,13-16H,10-12H2,1-4H3,(H,23,28)(H,26,27)/t15-,16+,22-/m1/s1. The van der Waals surface area contributed by atoms with E-state index in [0.717, 1.165) is 5.69 Å². The predicted octanol–water partition coefficient (Wildman–Crippen LogP) is 3.77. The van der Waals surface area contributed by atoms with Gasteiger partial charge in [0.25, 0.3) is 0 Å².